The summed E-state index contributed by atoms with van der Waals surface area (Å²) in [5.41, 5.74) is -1.07. The zero-order chi connectivity index (χ0) is 17.8. The number of rotatable bonds is 10. The van der Waals surface area contributed by atoms with E-state index in [1.165, 1.54) is 0 Å². The Morgan fingerprint density at radius 3 is 1.82 bits per heavy atom. The smallest absolute Gasteiger partial charge is 0.0680 e. The number of aliphatic hydroxyl groups is 1. The van der Waals surface area contributed by atoms with Gasteiger partial charge >= 0.3 is 0 Å². The molecule has 0 aromatic heterocycles. The number of hydrogen-bond donors (Lipinski definition) is 1. The maximum atomic E-state index is 9.83. The first-order valence-electron chi connectivity index (χ1n) is 8.65. The summed E-state index contributed by atoms with van der Waals surface area (Å²) >= 11 is 0. The lowest BCUT2D eigenvalue weighted by atomic mass is 9.68. The van der Waals surface area contributed by atoms with Gasteiger partial charge in [0.05, 0.1) is 30.0 Å². The van der Waals surface area contributed by atoms with Crippen molar-refractivity contribution in [2.45, 2.75) is 98.9 Å². The molecule has 1 atom stereocenters. The highest BCUT2D eigenvalue weighted by Gasteiger charge is 2.42. The molecule has 0 saturated carbocycles. The lowest BCUT2D eigenvalue weighted by Crippen LogP contribution is -2.48. The molecule has 0 bridgehead atoms. The molecule has 134 valence electrons. The average molecular weight is 317 g/mol. The summed E-state index contributed by atoms with van der Waals surface area (Å²) in [5, 5.41) is 9.83. The van der Waals surface area contributed by atoms with Gasteiger partial charge in [-0.2, -0.15) is 0 Å². The molecule has 0 aliphatic heterocycles. The highest BCUT2D eigenvalue weighted by Crippen LogP contribution is 2.41. The molecule has 3 heteroatoms. The summed E-state index contributed by atoms with van der Waals surface area (Å²) in [4.78, 5) is 0. The fourth-order valence-corrected chi connectivity index (χ4v) is 2.00. The van der Waals surface area contributed by atoms with Gasteiger partial charge in [-0.15, -0.1) is 0 Å². The minimum Gasteiger partial charge on any atom is -0.390 e. The van der Waals surface area contributed by atoms with Crippen molar-refractivity contribution >= 4 is 0 Å². The van der Waals surface area contributed by atoms with Crippen molar-refractivity contribution in [2.24, 2.45) is 11.3 Å². The van der Waals surface area contributed by atoms with Crippen LogP contribution in [0.3, 0.4) is 0 Å². The molecule has 3 nitrogen and oxygen atoms in total. The van der Waals surface area contributed by atoms with Crippen molar-refractivity contribution in [3.05, 3.63) is 0 Å². The van der Waals surface area contributed by atoms with Gasteiger partial charge in [-0.05, 0) is 65.7 Å². The Labute approximate surface area is 138 Å². The summed E-state index contributed by atoms with van der Waals surface area (Å²) < 4.78 is 12.2. The molecular formula is C19H40O3. The molecule has 0 aliphatic rings. The maximum Gasteiger partial charge on any atom is 0.0680 e. The Balaban J connectivity index is 4.66. The van der Waals surface area contributed by atoms with Crippen LogP contribution >= 0.6 is 0 Å². The van der Waals surface area contributed by atoms with E-state index in [2.05, 4.69) is 55.4 Å². The van der Waals surface area contributed by atoms with Crippen molar-refractivity contribution < 1.29 is 14.6 Å². The van der Waals surface area contributed by atoms with Crippen LogP contribution in [0.15, 0.2) is 0 Å². The van der Waals surface area contributed by atoms with Crippen molar-refractivity contribution in [1.82, 2.24) is 0 Å². The second-order valence-electron chi connectivity index (χ2n) is 8.97. The summed E-state index contributed by atoms with van der Waals surface area (Å²) in [6, 6.07) is 0. The first-order chi connectivity index (χ1) is 9.65. The molecule has 22 heavy (non-hydrogen) atoms. The number of hydrogen-bond acceptors (Lipinski definition) is 3. The van der Waals surface area contributed by atoms with Crippen LogP contribution in [0, 0.1) is 11.3 Å². The summed E-state index contributed by atoms with van der Waals surface area (Å²) in [7, 11) is 0. The van der Waals surface area contributed by atoms with Crippen LogP contribution in [0.5, 0.6) is 0 Å². The third-order valence-electron chi connectivity index (χ3n) is 5.54. The molecule has 1 N–H and O–H groups in total. The van der Waals surface area contributed by atoms with Crippen LogP contribution in [0.1, 0.15) is 82.1 Å². The zero-order valence-corrected chi connectivity index (χ0v) is 16.7. The number of ether oxygens (including phenoxy) is 2. The van der Waals surface area contributed by atoms with Gasteiger partial charge < -0.3 is 14.6 Å². The summed E-state index contributed by atoms with van der Waals surface area (Å²) in [6.45, 7) is 22.3. The molecule has 0 heterocycles. The van der Waals surface area contributed by atoms with Gasteiger partial charge in [-0.25, -0.2) is 0 Å². The molecule has 1 unspecified atom stereocenters. The first kappa shape index (κ1) is 21.9. The third-order valence-corrected chi connectivity index (χ3v) is 5.54. The zero-order valence-electron chi connectivity index (χ0n) is 16.7. The molecule has 0 spiro atoms. The molecule has 0 saturated heterocycles. The van der Waals surface area contributed by atoms with Gasteiger partial charge in [0.1, 0.15) is 0 Å². The molecule has 0 aliphatic carbocycles. The predicted molar refractivity (Wildman–Crippen MR) is 94.2 cm³/mol. The molecule has 0 aromatic rings. The van der Waals surface area contributed by atoms with Gasteiger partial charge in [0.25, 0.3) is 0 Å². The Bertz CT molecular complexity index is 324. The third kappa shape index (κ3) is 6.97. The van der Waals surface area contributed by atoms with E-state index in [-0.39, 0.29) is 16.6 Å². The van der Waals surface area contributed by atoms with E-state index in [1.807, 2.05) is 13.8 Å². The van der Waals surface area contributed by atoms with Crippen LogP contribution in [-0.4, -0.2) is 35.1 Å². The van der Waals surface area contributed by atoms with Crippen LogP contribution < -0.4 is 0 Å². The monoisotopic (exact) mass is 316 g/mol. The highest BCUT2D eigenvalue weighted by atomic mass is 16.5. The van der Waals surface area contributed by atoms with E-state index in [4.69, 9.17) is 9.47 Å². The molecule has 0 fully saturated rings. The van der Waals surface area contributed by atoms with E-state index >= 15 is 0 Å². The lowest BCUT2D eigenvalue weighted by Gasteiger charge is -2.46. The molecular weight excluding hydrogens is 276 g/mol. The van der Waals surface area contributed by atoms with E-state index in [0.29, 0.717) is 18.9 Å². The Morgan fingerprint density at radius 1 is 0.909 bits per heavy atom. The molecule has 0 aromatic carbocycles. The Morgan fingerprint density at radius 2 is 1.41 bits per heavy atom. The van der Waals surface area contributed by atoms with Crippen LogP contribution in [-0.2, 0) is 9.47 Å². The van der Waals surface area contributed by atoms with Gasteiger partial charge in [0, 0.05) is 0 Å². The highest BCUT2D eigenvalue weighted by molar-refractivity contribution is 4.92. The second-order valence-corrected chi connectivity index (χ2v) is 8.97. The fraction of sp³-hybridized carbons (Fsp3) is 1.00. The summed E-state index contributed by atoms with van der Waals surface area (Å²) in [5.74, 6) is 0.371. The average Bonchev–Trinajstić information content (AvgIpc) is 2.33. The van der Waals surface area contributed by atoms with E-state index < -0.39 is 5.60 Å². The molecule has 0 rings (SSSR count). The standard InChI is InChI=1S/C19H40O3/c1-11-17(5,6)22-14-15(2)18(7,8)19(9,10)21-13-12-16(3,4)20/h15,20H,11-14H2,1-10H3. The van der Waals surface area contributed by atoms with E-state index in [0.717, 1.165) is 13.0 Å². The van der Waals surface area contributed by atoms with E-state index in [1.54, 1.807) is 0 Å². The van der Waals surface area contributed by atoms with Gasteiger partial charge in [-0.1, -0.05) is 27.7 Å². The van der Waals surface area contributed by atoms with Gasteiger partial charge in [-0.3, -0.25) is 0 Å². The molecule has 0 amide bonds. The summed E-state index contributed by atoms with van der Waals surface area (Å²) in [6.07, 6.45) is 1.64. The Hall–Kier alpha value is -0.120. The lowest BCUT2D eigenvalue weighted by molar-refractivity contribution is -0.146. The minimum absolute atomic E-state index is 0.0313. The predicted octanol–water partition coefficient (Wildman–Crippen LogP) is 4.81. The SMILES string of the molecule is CCC(C)(C)OCC(C)C(C)(C)C(C)(C)OCCC(C)(C)O. The molecule has 0 radical (unpaired) electrons. The van der Waals surface area contributed by atoms with Crippen LogP contribution in [0.4, 0.5) is 0 Å². The Kier molecular flexibility index (Phi) is 7.59. The van der Waals surface area contributed by atoms with Crippen molar-refractivity contribution in [3.8, 4) is 0 Å². The van der Waals surface area contributed by atoms with Gasteiger partial charge in [0.2, 0.25) is 0 Å². The maximum absolute atomic E-state index is 9.83. The largest absolute Gasteiger partial charge is 0.390 e. The second kappa shape index (κ2) is 7.63. The van der Waals surface area contributed by atoms with Crippen molar-refractivity contribution in [2.75, 3.05) is 13.2 Å². The van der Waals surface area contributed by atoms with Crippen LogP contribution in [0.25, 0.3) is 0 Å². The minimum atomic E-state index is -0.680. The normalized spacial score (nSPS) is 16.0. The fourth-order valence-electron chi connectivity index (χ4n) is 2.00. The topological polar surface area (TPSA) is 38.7 Å². The van der Waals surface area contributed by atoms with Crippen LogP contribution in [0.2, 0.25) is 0 Å². The van der Waals surface area contributed by atoms with Crippen molar-refractivity contribution in [1.29, 1.82) is 0 Å². The first-order valence-corrected chi connectivity index (χ1v) is 8.65. The van der Waals surface area contributed by atoms with Crippen molar-refractivity contribution in [3.63, 3.8) is 0 Å². The van der Waals surface area contributed by atoms with Gasteiger partial charge in [0.15, 0.2) is 0 Å². The van der Waals surface area contributed by atoms with E-state index in [9.17, 15) is 5.11 Å². The quantitative estimate of drug-likeness (QED) is 0.628.